The first-order chi connectivity index (χ1) is 8.31. The minimum Gasteiger partial charge on any atom is -0.457 e. The molecule has 0 saturated heterocycles. The largest absolute Gasteiger partial charge is 0.457 e. The minimum atomic E-state index is 0.475. The van der Waals surface area contributed by atoms with Crippen molar-refractivity contribution in [3.63, 3.8) is 0 Å². The molecule has 3 nitrogen and oxygen atoms in total. The Morgan fingerprint density at radius 2 is 1.00 bits per heavy atom. The maximum absolute atomic E-state index is 10.3. The van der Waals surface area contributed by atoms with E-state index in [1.807, 2.05) is 0 Å². The summed E-state index contributed by atoms with van der Waals surface area (Å²) in [7, 11) is 0. The number of hydrogen-bond donors (Lipinski definition) is 0. The van der Waals surface area contributed by atoms with E-state index in [1.165, 1.54) is 0 Å². The number of benzene rings is 2. The van der Waals surface area contributed by atoms with Crippen molar-refractivity contribution in [1.29, 1.82) is 0 Å². The molecule has 0 spiro atoms. The summed E-state index contributed by atoms with van der Waals surface area (Å²) in [5.41, 5.74) is 0.950. The molecule has 0 aliphatic carbocycles. The van der Waals surface area contributed by atoms with Crippen molar-refractivity contribution < 1.29 is 14.3 Å². The Balaban J connectivity index is 2.13. The number of carbonyl (C=O) groups excluding carboxylic acids is 2. The van der Waals surface area contributed by atoms with E-state index in [4.69, 9.17) is 4.74 Å². The van der Waals surface area contributed by atoms with E-state index >= 15 is 0 Å². The van der Waals surface area contributed by atoms with Gasteiger partial charge in [-0.1, -0.05) is 0 Å². The standard InChI is InChI=1S/C14H8O3/c15-9-11-1-5-13(6-2-11)17-14-7-3-12(10-16)4-8-14/h1-8H. The SMILES string of the molecule is O=[C]c1ccc(Oc2ccc([C]=O)cc2)cc1. The quantitative estimate of drug-likeness (QED) is 0.800. The smallest absolute Gasteiger partial charge is 0.233 e. The van der Waals surface area contributed by atoms with Crippen LogP contribution >= 0.6 is 0 Å². The number of rotatable bonds is 4. The molecule has 2 radical (unpaired) electrons. The van der Waals surface area contributed by atoms with Gasteiger partial charge in [-0.2, -0.15) is 0 Å². The van der Waals surface area contributed by atoms with Gasteiger partial charge < -0.3 is 4.74 Å². The Kier molecular flexibility index (Phi) is 3.31. The summed E-state index contributed by atoms with van der Waals surface area (Å²) in [5, 5.41) is 0. The molecule has 0 bridgehead atoms. The second kappa shape index (κ2) is 5.07. The highest BCUT2D eigenvalue weighted by Crippen LogP contribution is 2.21. The van der Waals surface area contributed by atoms with E-state index < -0.39 is 0 Å². The third kappa shape index (κ3) is 2.78. The maximum Gasteiger partial charge on any atom is 0.233 e. The summed E-state index contributed by atoms with van der Waals surface area (Å²) in [6, 6.07) is 13.2. The van der Waals surface area contributed by atoms with Crippen LogP contribution in [0.15, 0.2) is 48.5 Å². The Morgan fingerprint density at radius 3 is 1.29 bits per heavy atom. The predicted octanol–water partition coefficient (Wildman–Crippen LogP) is 2.39. The molecule has 17 heavy (non-hydrogen) atoms. The lowest BCUT2D eigenvalue weighted by Crippen LogP contribution is -1.86. The molecule has 0 amide bonds. The van der Waals surface area contributed by atoms with Crippen molar-refractivity contribution in [2.45, 2.75) is 0 Å². The Labute approximate surface area is 98.7 Å². The Morgan fingerprint density at radius 1 is 0.647 bits per heavy atom. The van der Waals surface area contributed by atoms with Gasteiger partial charge in [0.05, 0.1) is 0 Å². The van der Waals surface area contributed by atoms with E-state index in [-0.39, 0.29) is 0 Å². The molecule has 82 valence electrons. The molecule has 0 aliphatic heterocycles. The first kappa shape index (κ1) is 11.1. The van der Waals surface area contributed by atoms with Crippen LogP contribution < -0.4 is 4.74 Å². The van der Waals surface area contributed by atoms with Gasteiger partial charge >= 0.3 is 0 Å². The first-order valence-electron chi connectivity index (χ1n) is 4.96. The molecule has 0 atom stereocenters. The van der Waals surface area contributed by atoms with Crippen LogP contribution in [-0.4, -0.2) is 12.6 Å². The lowest BCUT2D eigenvalue weighted by atomic mass is 10.2. The lowest BCUT2D eigenvalue weighted by Gasteiger charge is -2.05. The molecular weight excluding hydrogens is 216 g/mol. The molecule has 2 rings (SSSR count). The molecule has 2 aromatic rings. The average molecular weight is 224 g/mol. The fourth-order valence-electron chi connectivity index (χ4n) is 1.32. The Bertz CT molecular complexity index is 463. The van der Waals surface area contributed by atoms with Crippen molar-refractivity contribution in [2.24, 2.45) is 0 Å². The molecule has 0 N–H and O–H groups in total. The van der Waals surface area contributed by atoms with E-state index in [1.54, 1.807) is 61.1 Å². The highest BCUT2D eigenvalue weighted by molar-refractivity contribution is 5.76. The topological polar surface area (TPSA) is 43.4 Å². The molecule has 0 aromatic heterocycles. The summed E-state index contributed by atoms with van der Waals surface area (Å²) in [6.45, 7) is 0. The van der Waals surface area contributed by atoms with Gasteiger partial charge in [-0.3, -0.25) is 9.59 Å². The van der Waals surface area contributed by atoms with Gasteiger partial charge in [0.1, 0.15) is 11.5 Å². The van der Waals surface area contributed by atoms with E-state index in [9.17, 15) is 9.59 Å². The highest BCUT2D eigenvalue weighted by atomic mass is 16.5. The van der Waals surface area contributed by atoms with E-state index in [0.717, 1.165) is 0 Å². The van der Waals surface area contributed by atoms with Crippen LogP contribution in [0.5, 0.6) is 11.5 Å². The van der Waals surface area contributed by atoms with Crippen LogP contribution in [0.3, 0.4) is 0 Å². The normalized spacial score (nSPS) is 9.65. The van der Waals surface area contributed by atoms with Crippen molar-refractivity contribution in [3.05, 3.63) is 59.7 Å². The van der Waals surface area contributed by atoms with Crippen LogP contribution in [0, 0.1) is 0 Å². The summed E-state index contributed by atoms with van der Waals surface area (Å²) < 4.78 is 5.52. The molecule has 3 heteroatoms. The van der Waals surface area contributed by atoms with Gasteiger partial charge in [0.25, 0.3) is 0 Å². The van der Waals surface area contributed by atoms with Gasteiger partial charge in [-0.15, -0.1) is 0 Å². The third-order valence-electron chi connectivity index (χ3n) is 2.18. The second-order valence-corrected chi connectivity index (χ2v) is 3.35. The molecule has 0 saturated carbocycles. The highest BCUT2D eigenvalue weighted by Gasteiger charge is 1.98. The van der Waals surface area contributed by atoms with Crippen LogP contribution in [0.2, 0.25) is 0 Å². The fraction of sp³-hybridized carbons (Fsp3) is 0. The monoisotopic (exact) mass is 224 g/mol. The van der Waals surface area contributed by atoms with Crippen LogP contribution in [0.4, 0.5) is 0 Å². The summed E-state index contributed by atoms with van der Waals surface area (Å²) in [4.78, 5) is 20.7. The zero-order valence-electron chi connectivity index (χ0n) is 8.84. The molecule has 0 aliphatic rings. The van der Waals surface area contributed by atoms with Gasteiger partial charge in [0.15, 0.2) is 0 Å². The zero-order chi connectivity index (χ0) is 12.1. The Hall–Kier alpha value is -2.42. The van der Waals surface area contributed by atoms with E-state index in [0.29, 0.717) is 22.6 Å². The van der Waals surface area contributed by atoms with Crippen LogP contribution in [-0.2, 0) is 9.59 Å². The predicted molar refractivity (Wildman–Crippen MR) is 62.5 cm³/mol. The average Bonchev–Trinajstić information content (AvgIpc) is 2.40. The maximum atomic E-state index is 10.3. The molecule has 0 unspecified atom stereocenters. The van der Waals surface area contributed by atoms with Crippen molar-refractivity contribution >= 4 is 12.6 Å². The molecule has 2 aromatic carbocycles. The van der Waals surface area contributed by atoms with Gasteiger partial charge in [0.2, 0.25) is 12.6 Å². The van der Waals surface area contributed by atoms with Crippen molar-refractivity contribution in [1.82, 2.24) is 0 Å². The van der Waals surface area contributed by atoms with Gasteiger partial charge in [0, 0.05) is 11.1 Å². The fourth-order valence-corrected chi connectivity index (χ4v) is 1.32. The van der Waals surface area contributed by atoms with E-state index in [2.05, 4.69) is 0 Å². The van der Waals surface area contributed by atoms with Crippen molar-refractivity contribution in [3.8, 4) is 11.5 Å². The van der Waals surface area contributed by atoms with Crippen molar-refractivity contribution in [2.75, 3.05) is 0 Å². The number of ether oxygens (including phenoxy) is 1. The summed E-state index contributed by atoms with van der Waals surface area (Å²) in [5.74, 6) is 1.23. The molecule has 0 heterocycles. The molecule has 0 fully saturated rings. The lowest BCUT2D eigenvalue weighted by molar-refractivity contribution is 0.482. The second-order valence-electron chi connectivity index (χ2n) is 3.35. The van der Waals surface area contributed by atoms with Gasteiger partial charge in [-0.25, -0.2) is 0 Å². The summed E-state index contributed by atoms with van der Waals surface area (Å²) in [6.07, 6.45) is 3.57. The zero-order valence-corrected chi connectivity index (χ0v) is 8.84. The minimum absolute atomic E-state index is 0.475. The number of hydrogen-bond acceptors (Lipinski definition) is 3. The van der Waals surface area contributed by atoms with Gasteiger partial charge in [-0.05, 0) is 48.5 Å². The third-order valence-corrected chi connectivity index (χ3v) is 2.18. The molecular formula is C14H8O3. The first-order valence-corrected chi connectivity index (χ1v) is 4.96. The van der Waals surface area contributed by atoms with Crippen LogP contribution in [0.1, 0.15) is 11.1 Å². The van der Waals surface area contributed by atoms with Crippen LogP contribution in [0.25, 0.3) is 0 Å². The summed E-state index contributed by atoms with van der Waals surface area (Å²) >= 11 is 0.